The Balaban J connectivity index is 1.93. The van der Waals surface area contributed by atoms with Crippen molar-refractivity contribution in [1.82, 2.24) is 0 Å². The van der Waals surface area contributed by atoms with Gasteiger partial charge >= 0.3 is 0 Å². The molecule has 1 unspecified atom stereocenters. The second-order valence-corrected chi connectivity index (χ2v) is 4.51. The van der Waals surface area contributed by atoms with E-state index in [0.29, 0.717) is 5.92 Å². The lowest BCUT2D eigenvalue weighted by Crippen LogP contribution is -2.28. The molecule has 0 aromatic rings. The van der Waals surface area contributed by atoms with E-state index in [2.05, 4.69) is 0 Å². The molecular formula is C11H18O. The van der Waals surface area contributed by atoms with Crippen molar-refractivity contribution >= 4 is 6.29 Å². The number of hydrogen-bond acceptors (Lipinski definition) is 1. The molecule has 0 aromatic carbocycles. The van der Waals surface area contributed by atoms with Crippen LogP contribution in [0.1, 0.15) is 44.9 Å². The van der Waals surface area contributed by atoms with Crippen molar-refractivity contribution in [2.24, 2.45) is 17.8 Å². The first kappa shape index (κ1) is 8.28. The first-order valence-corrected chi connectivity index (χ1v) is 5.35. The van der Waals surface area contributed by atoms with Gasteiger partial charge in [-0.3, -0.25) is 0 Å². The minimum atomic E-state index is 0.407. The fraction of sp³-hybridized carbons (Fsp3) is 0.909. The van der Waals surface area contributed by atoms with E-state index in [1.54, 1.807) is 0 Å². The highest BCUT2D eigenvalue weighted by Crippen LogP contribution is 2.41. The second kappa shape index (κ2) is 3.59. The third kappa shape index (κ3) is 1.55. The first-order valence-electron chi connectivity index (χ1n) is 5.35. The average molecular weight is 166 g/mol. The first-order chi connectivity index (χ1) is 5.90. The number of rotatable bonds is 1. The zero-order chi connectivity index (χ0) is 8.39. The molecule has 0 amide bonds. The molecule has 0 radical (unpaired) electrons. The maximum absolute atomic E-state index is 10.6. The SMILES string of the molecule is O=C[C@@H]1CC[C@@H]2CCCCC2C1. The molecule has 3 atom stereocenters. The molecule has 0 saturated heterocycles. The molecule has 0 aliphatic heterocycles. The topological polar surface area (TPSA) is 17.1 Å². The number of aldehydes is 1. The molecule has 1 nitrogen and oxygen atoms in total. The molecule has 0 heterocycles. The Labute approximate surface area is 74.5 Å². The van der Waals surface area contributed by atoms with Crippen molar-refractivity contribution in [2.75, 3.05) is 0 Å². The fourth-order valence-electron chi connectivity index (χ4n) is 3.03. The van der Waals surface area contributed by atoms with Gasteiger partial charge in [-0.15, -0.1) is 0 Å². The number of hydrogen-bond donors (Lipinski definition) is 0. The molecule has 0 N–H and O–H groups in total. The molecule has 0 spiro atoms. The molecule has 0 aromatic heterocycles. The van der Waals surface area contributed by atoms with Crippen LogP contribution in [0.5, 0.6) is 0 Å². The summed E-state index contributed by atoms with van der Waals surface area (Å²) in [4.78, 5) is 10.6. The van der Waals surface area contributed by atoms with Crippen LogP contribution < -0.4 is 0 Å². The van der Waals surface area contributed by atoms with Gasteiger partial charge in [-0.25, -0.2) is 0 Å². The standard InChI is InChI=1S/C11H18O/c12-8-9-5-6-10-3-1-2-4-11(10)7-9/h8-11H,1-7H2/t9-,10+,11?/m1/s1. The van der Waals surface area contributed by atoms with Crippen LogP contribution in [0.3, 0.4) is 0 Å². The quantitative estimate of drug-likeness (QED) is 0.547. The lowest BCUT2D eigenvalue weighted by Gasteiger charge is -2.37. The minimum Gasteiger partial charge on any atom is -0.303 e. The molecule has 68 valence electrons. The van der Waals surface area contributed by atoms with Gasteiger partial charge in [-0.05, 0) is 31.1 Å². The largest absolute Gasteiger partial charge is 0.303 e. The van der Waals surface area contributed by atoms with E-state index in [1.165, 1.54) is 51.2 Å². The van der Waals surface area contributed by atoms with E-state index in [4.69, 9.17) is 0 Å². The van der Waals surface area contributed by atoms with Crippen LogP contribution in [0.4, 0.5) is 0 Å². The Morgan fingerprint density at radius 3 is 2.42 bits per heavy atom. The predicted molar refractivity (Wildman–Crippen MR) is 48.9 cm³/mol. The number of fused-ring (bicyclic) bond motifs is 1. The highest BCUT2D eigenvalue weighted by molar-refractivity contribution is 5.53. The van der Waals surface area contributed by atoms with E-state index in [9.17, 15) is 4.79 Å². The third-order valence-corrected chi connectivity index (χ3v) is 3.77. The van der Waals surface area contributed by atoms with Gasteiger partial charge in [0, 0.05) is 5.92 Å². The van der Waals surface area contributed by atoms with Gasteiger partial charge in [0.05, 0.1) is 0 Å². The smallest absolute Gasteiger partial charge is 0.123 e. The van der Waals surface area contributed by atoms with Gasteiger partial charge in [0.15, 0.2) is 0 Å². The monoisotopic (exact) mass is 166 g/mol. The van der Waals surface area contributed by atoms with Gasteiger partial charge in [0.25, 0.3) is 0 Å². The highest BCUT2D eigenvalue weighted by Gasteiger charge is 2.31. The van der Waals surface area contributed by atoms with Crippen molar-refractivity contribution in [2.45, 2.75) is 44.9 Å². The molecule has 2 aliphatic rings. The van der Waals surface area contributed by atoms with Crippen LogP contribution in [0, 0.1) is 17.8 Å². The third-order valence-electron chi connectivity index (χ3n) is 3.77. The van der Waals surface area contributed by atoms with Gasteiger partial charge in [0.1, 0.15) is 6.29 Å². The molecule has 2 saturated carbocycles. The Hall–Kier alpha value is -0.330. The summed E-state index contributed by atoms with van der Waals surface area (Å²) in [6.07, 6.45) is 10.6. The summed E-state index contributed by atoms with van der Waals surface area (Å²) in [7, 11) is 0. The zero-order valence-electron chi connectivity index (χ0n) is 7.67. The van der Waals surface area contributed by atoms with Crippen molar-refractivity contribution < 1.29 is 4.79 Å². The summed E-state index contributed by atoms with van der Waals surface area (Å²) < 4.78 is 0. The van der Waals surface area contributed by atoms with Gasteiger partial charge in [-0.2, -0.15) is 0 Å². The van der Waals surface area contributed by atoms with Crippen molar-refractivity contribution in [3.8, 4) is 0 Å². The molecule has 2 rings (SSSR count). The van der Waals surface area contributed by atoms with E-state index in [-0.39, 0.29) is 0 Å². The highest BCUT2D eigenvalue weighted by atomic mass is 16.1. The number of carbonyl (C=O) groups is 1. The Morgan fingerprint density at radius 1 is 0.917 bits per heavy atom. The summed E-state index contributed by atoms with van der Waals surface area (Å²) in [5.41, 5.74) is 0. The van der Waals surface area contributed by atoms with E-state index < -0.39 is 0 Å². The molecule has 2 fully saturated rings. The molecule has 12 heavy (non-hydrogen) atoms. The van der Waals surface area contributed by atoms with Crippen molar-refractivity contribution in [1.29, 1.82) is 0 Å². The van der Waals surface area contributed by atoms with Crippen LogP contribution in [-0.4, -0.2) is 6.29 Å². The normalized spacial score (nSPS) is 41.8. The lowest BCUT2D eigenvalue weighted by atomic mass is 9.68. The summed E-state index contributed by atoms with van der Waals surface area (Å²) in [6.45, 7) is 0. The Kier molecular flexibility index (Phi) is 2.48. The maximum Gasteiger partial charge on any atom is 0.123 e. The summed E-state index contributed by atoms with van der Waals surface area (Å²) in [5, 5.41) is 0. The van der Waals surface area contributed by atoms with Gasteiger partial charge in [0.2, 0.25) is 0 Å². The Bertz CT molecular complexity index is 164. The zero-order valence-corrected chi connectivity index (χ0v) is 7.67. The second-order valence-electron chi connectivity index (χ2n) is 4.51. The maximum atomic E-state index is 10.6. The molecule has 1 heteroatoms. The van der Waals surface area contributed by atoms with Crippen LogP contribution in [0.2, 0.25) is 0 Å². The van der Waals surface area contributed by atoms with Crippen LogP contribution in [-0.2, 0) is 4.79 Å². The Morgan fingerprint density at radius 2 is 1.67 bits per heavy atom. The van der Waals surface area contributed by atoms with Crippen LogP contribution in [0.25, 0.3) is 0 Å². The van der Waals surface area contributed by atoms with E-state index >= 15 is 0 Å². The van der Waals surface area contributed by atoms with Gasteiger partial charge in [-0.1, -0.05) is 25.7 Å². The van der Waals surface area contributed by atoms with Crippen LogP contribution >= 0.6 is 0 Å². The van der Waals surface area contributed by atoms with Crippen molar-refractivity contribution in [3.63, 3.8) is 0 Å². The summed E-state index contributed by atoms with van der Waals surface area (Å²) >= 11 is 0. The summed E-state index contributed by atoms with van der Waals surface area (Å²) in [6, 6.07) is 0. The molecule has 2 aliphatic carbocycles. The van der Waals surface area contributed by atoms with Crippen LogP contribution in [0.15, 0.2) is 0 Å². The van der Waals surface area contributed by atoms with Crippen molar-refractivity contribution in [3.05, 3.63) is 0 Å². The van der Waals surface area contributed by atoms with E-state index in [1.807, 2.05) is 0 Å². The average Bonchev–Trinajstić information content (AvgIpc) is 2.17. The molecular weight excluding hydrogens is 148 g/mol. The fourth-order valence-corrected chi connectivity index (χ4v) is 3.03. The minimum absolute atomic E-state index is 0.407. The van der Waals surface area contributed by atoms with Gasteiger partial charge < -0.3 is 4.79 Å². The number of carbonyl (C=O) groups excluding carboxylic acids is 1. The van der Waals surface area contributed by atoms with E-state index in [0.717, 1.165) is 11.8 Å². The molecule has 0 bridgehead atoms. The predicted octanol–water partition coefficient (Wildman–Crippen LogP) is 2.79. The summed E-state index contributed by atoms with van der Waals surface area (Å²) in [5.74, 6) is 2.29. The lowest BCUT2D eigenvalue weighted by molar-refractivity contribution is -0.113.